The Labute approximate surface area is 123 Å². The molecule has 0 aromatic heterocycles. The van der Waals surface area contributed by atoms with Crippen LogP contribution in [0.25, 0.3) is 0 Å². The number of ether oxygens (including phenoxy) is 2. The highest BCUT2D eigenvalue weighted by Crippen LogP contribution is 2.30. The molecule has 6 heteroatoms. The van der Waals surface area contributed by atoms with Crippen LogP contribution in [0.5, 0.6) is 11.5 Å². The van der Waals surface area contributed by atoms with Gasteiger partial charge in [0.15, 0.2) is 11.5 Å². The van der Waals surface area contributed by atoms with Crippen molar-refractivity contribution in [3.63, 3.8) is 0 Å². The quantitative estimate of drug-likeness (QED) is 0.886. The number of amides is 2. The Morgan fingerprint density at radius 1 is 1.24 bits per heavy atom. The lowest BCUT2D eigenvalue weighted by atomic mass is 10.2. The van der Waals surface area contributed by atoms with Gasteiger partial charge in [0.25, 0.3) is 0 Å². The van der Waals surface area contributed by atoms with Gasteiger partial charge in [0.1, 0.15) is 13.2 Å². The molecule has 0 unspecified atom stereocenters. The molecule has 0 atom stereocenters. The van der Waals surface area contributed by atoms with Crippen molar-refractivity contribution < 1.29 is 19.1 Å². The third-order valence-electron chi connectivity index (χ3n) is 3.60. The lowest BCUT2D eigenvalue weighted by Gasteiger charge is -2.19. The zero-order valence-electron chi connectivity index (χ0n) is 11.8. The first-order valence-corrected chi connectivity index (χ1v) is 7.15. The second kappa shape index (κ2) is 6.03. The average molecular weight is 290 g/mol. The molecule has 3 rings (SSSR count). The van der Waals surface area contributed by atoms with E-state index in [1.54, 1.807) is 4.90 Å². The van der Waals surface area contributed by atoms with Gasteiger partial charge >= 0.3 is 0 Å². The zero-order valence-corrected chi connectivity index (χ0v) is 11.8. The first-order chi connectivity index (χ1) is 10.2. The fourth-order valence-electron chi connectivity index (χ4n) is 2.50. The Morgan fingerprint density at radius 2 is 2.05 bits per heavy atom. The lowest BCUT2D eigenvalue weighted by molar-refractivity contribution is -0.133. The maximum absolute atomic E-state index is 11.8. The molecule has 112 valence electrons. The predicted octanol–water partition coefficient (Wildman–Crippen LogP) is 0.696. The average Bonchev–Trinajstić information content (AvgIpc) is 2.90. The summed E-state index contributed by atoms with van der Waals surface area (Å²) in [6.07, 6.45) is 1.39. The topological polar surface area (TPSA) is 67.9 Å². The molecule has 2 aliphatic heterocycles. The number of carbonyl (C=O) groups excluding carboxylic acids is 2. The summed E-state index contributed by atoms with van der Waals surface area (Å²) in [6.45, 7) is 2.34. The number of hydrogen-bond acceptors (Lipinski definition) is 4. The van der Waals surface area contributed by atoms with Gasteiger partial charge < -0.3 is 19.7 Å². The maximum Gasteiger partial charge on any atom is 0.239 e. The third-order valence-corrected chi connectivity index (χ3v) is 3.60. The van der Waals surface area contributed by atoms with Crippen LogP contribution in [0, 0.1) is 0 Å². The number of carbonyl (C=O) groups is 2. The summed E-state index contributed by atoms with van der Waals surface area (Å²) in [4.78, 5) is 24.9. The number of likely N-dealkylation sites (tertiary alicyclic amines) is 1. The highest BCUT2D eigenvalue weighted by Gasteiger charge is 2.22. The number of rotatable bonds is 4. The summed E-state index contributed by atoms with van der Waals surface area (Å²) in [5.41, 5.74) is 0.945. The van der Waals surface area contributed by atoms with Gasteiger partial charge in [0.05, 0.1) is 6.54 Å². The Bertz CT molecular complexity index is 559. The van der Waals surface area contributed by atoms with E-state index in [9.17, 15) is 9.59 Å². The van der Waals surface area contributed by atoms with Crippen LogP contribution in [0.3, 0.4) is 0 Å². The van der Waals surface area contributed by atoms with E-state index < -0.39 is 0 Å². The van der Waals surface area contributed by atoms with E-state index in [2.05, 4.69) is 5.32 Å². The van der Waals surface area contributed by atoms with E-state index in [1.807, 2.05) is 18.2 Å². The normalized spacial score (nSPS) is 17.0. The predicted molar refractivity (Wildman–Crippen MR) is 75.1 cm³/mol. The Hall–Kier alpha value is -2.24. The molecule has 0 spiro atoms. The molecule has 0 radical (unpaired) electrons. The highest BCUT2D eigenvalue weighted by molar-refractivity contribution is 5.85. The van der Waals surface area contributed by atoms with E-state index >= 15 is 0 Å². The molecule has 21 heavy (non-hydrogen) atoms. The van der Waals surface area contributed by atoms with Crippen molar-refractivity contribution >= 4 is 11.8 Å². The van der Waals surface area contributed by atoms with Crippen LogP contribution in [0.1, 0.15) is 18.4 Å². The number of benzene rings is 1. The Balaban J connectivity index is 1.52. The lowest BCUT2D eigenvalue weighted by Crippen LogP contribution is -2.37. The van der Waals surface area contributed by atoms with Crippen molar-refractivity contribution in [3.8, 4) is 11.5 Å². The van der Waals surface area contributed by atoms with Crippen molar-refractivity contribution in [2.75, 3.05) is 26.3 Å². The van der Waals surface area contributed by atoms with Crippen molar-refractivity contribution in [2.24, 2.45) is 0 Å². The van der Waals surface area contributed by atoms with E-state index in [0.717, 1.165) is 17.7 Å². The van der Waals surface area contributed by atoms with Gasteiger partial charge in [-0.2, -0.15) is 0 Å². The van der Waals surface area contributed by atoms with Crippen molar-refractivity contribution in [1.82, 2.24) is 10.2 Å². The Kier molecular flexibility index (Phi) is 3.94. The zero-order chi connectivity index (χ0) is 14.7. The molecule has 2 amide bonds. The van der Waals surface area contributed by atoms with Crippen LogP contribution in [0.15, 0.2) is 18.2 Å². The van der Waals surface area contributed by atoms with E-state index in [-0.39, 0.29) is 18.4 Å². The van der Waals surface area contributed by atoms with Crippen LogP contribution in [-0.2, 0) is 16.1 Å². The molecule has 1 aromatic carbocycles. The molecule has 6 nitrogen and oxygen atoms in total. The van der Waals surface area contributed by atoms with Crippen LogP contribution in [0.2, 0.25) is 0 Å². The molecule has 0 saturated carbocycles. The monoisotopic (exact) mass is 290 g/mol. The van der Waals surface area contributed by atoms with Gasteiger partial charge in [-0.05, 0) is 24.1 Å². The van der Waals surface area contributed by atoms with Crippen molar-refractivity contribution in [3.05, 3.63) is 23.8 Å². The molecule has 1 N–H and O–H groups in total. The molecule has 2 heterocycles. The Morgan fingerprint density at radius 3 is 2.81 bits per heavy atom. The molecule has 1 fully saturated rings. The van der Waals surface area contributed by atoms with Gasteiger partial charge in [-0.25, -0.2) is 0 Å². The second-order valence-electron chi connectivity index (χ2n) is 5.17. The minimum Gasteiger partial charge on any atom is -0.486 e. The molecule has 0 aliphatic carbocycles. The van der Waals surface area contributed by atoms with Gasteiger partial charge in [0.2, 0.25) is 11.8 Å². The van der Waals surface area contributed by atoms with E-state index in [1.165, 1.54) is 0 Å². The fraction of sp³-hybridized carbons (Fsp3) is 0.467. The minimum absolute atomic E-state index is 0.0597. The summed E-state index contributed by atoms with van der Waals surface area (Å²) in [5, 5.41) is 2.82. The molecule has 1 saturated heterocycles. The van der Waals surface area contributed by atoms with E-state index in [0.29, 0.717) is 38.5 Å². The van der Waals surface area contributed by atoms with Crippen molar-refractivity contribution in [2.45, 2.75) is 19.4 Å². The standard InChI is InChI=1S/C15H18N2O4/c18-14(10-17-5-1-2-15(17)19)16-9-11-3-4-12-13(8-11)21-7-6-20-12/h3-4,8H,1-2,5-7,9-10H2,(H,16,18). The van der Waals surface area contributed by atoms with Crippen molar-refractivity contribution in [1.29, 1.82) is 0 Å². The number of nitrogens with one attached hydrogen (secondary N) is 1. The molecule has 0 bridgehead atoms. The second-order valence-corrected chi connectivity index (χ2v) is 5.17. The number of fused-ring (bicyclic) bond motifs is 1. The number of hydrogen-bond donors (Lipinski definition) is 1. The van der Waals surface area contributed by atoms with Gasteiger partial charge in [-0.1, -0.05) is 6.07 Å². The summed E-state index contributed by atoms with van der Waals surface area (Å²) in [6, 6.07) is 5.62. The smallest absolute Gasteiger partial charge is 0.239 e. The molecular weight excluding hydrogens is 272 g/mol. The summed E-state index contributed by atoms with van der Waals surface area (Å²) >= 11 is 0. The first kappa shape index (κ1) is 13.7. The third kappa shape index (κ3) is 3.26. The van der Waals surface area contributed by atoms with Crippen LogP contribution in [0.4, 0.5) is 0 Å². The maximum atomic E-state index is 11.8. The van der Waals surface area contributed by atoms with Gasteiger partial charge in [-0.3, -0.25) is 9.59 Å². The summed E-state index contributed by atoms with van der Waals surface area (Å²) < 4.78 is 11.0. The molecular formula is C15H18N2O4. The van der Waals surface area contributed by atoms with Gasteiger partial charge in [0, 0.05) is 19.5 Å². The largest absolute Gasteiger partial charge is 0.486 e. The van der Waals surface area contributed by atoms with Crippen LogP contribution >= 0.6 is 0 Å². The van der Waals surface area contributed by atoms with Gasteiger partial charge in [-0.15, -0.1) is 0 Å². The SMILES string of the molecule is O=C(CN1CCCC1=O)NCc1ccc2c(c1)OCCO2. The van der Waals surface area contributed by atoms with Crippen LogP contribution in [-0.4, -0.2) is 43.0 Å². The summed E-state index contributed by atoms with van der Waals surface area (Å²) in [5.74, 6) is 1.37. The fourth-order valence-corrected chi connectivity index (χ4v) is 2.50. The summed E-state index contributed by atoms with van der Waals surface area (Å²) in [7, 11) is 0. The first-order valence-electron chi connectivity index (χ1n) is 7.15. The van der Waals surface area contributed by atoms with E-state index in [4.69, 9.17) is 9.47 Å². The highest BCUT2D eigenvalue weighted by atomic mass is 16.6. The molecule has 2 aliphatic rings. The number of nitrogens with zero attached hydrogens (tertiary/aromatic N) is 1. The van der Waals surface area contributed by atoms with Crippen LogP contribution < -0.4 is 14.8 Å². The minimum atomic E-state index is -0.139. The molecule has 1 aromatic rings.